The molecule has 0 bridgehead atoms. The Hall–Kier alpha value is -2.84. The van der Waals surface area contributed by atoms with Gasteiger partial charge in [-0.2, -0.15) is 0 Å². The van der Waals surface area contributed by atoms with Crippen molar-refractivity contribution in [3.8, 4) is 0 Å². The number of azide groups is 1. The van der Waals surface area contributed by atoms with Crippen LogP contribution in [0.4, 0.5) is 0 Å². The summed E-state index contributed by atoms with van der Waals surface area (Å²) in [5, 5.41) is 14.3. The van der Waals surface area contributed by atoms with Crippen molar-refractivity contribution in [1.82, 2.24) is 0 Å². The van der Waals surface area contributed by atoms with Crippen molar-refractivity contribution in [2.45, 2.75) is 54.8 Å². The zero-order valence-electron chi connectivity index (χ0n) is 19.5. The van der Waals surface area contributed by atoms with Gasteiger partial charge in [0, 0.05) is 9.81 Å². The van der Waals surface area contributed by atoms with Crippen LogP contribution in [0.3, 0.4) is 0 Å². The quantitative estimate of drug-likeness (QED) is 0.224. The van der Waals surface area contributed by atoms with Crippen molar-refractivity contribution >= 4 is 11.8 Å². The standard InChI is InChI=1S/C27H29N3O4S/c1-19-12-14-22(15-13-19)35-27-24(29-30-28)26(33-18-21-10-6-3-7-11-21)25(23(16-31)34-27)32-17-20-8-4-2-5-9-20/h2-15,23-27,31H,16-18H2,1H3/t23-,24-,25+,26-,27-/m1/s1. The van der Waals surface area contributed by atoms with Gasteiger partial charge in [0.2, 0.25) is 0 Å². The topological polar surface area (TPSA) is 96.7 Å². The zero-order valence-corrected chi connectivity index (χ0v) is 20.3. The molecule has 3 aromatic carbocycles. The van der Waals surface area contributed by atoms with E-state index < -0.39 is 29.8 Å². The molecule has 182 valence electrons. The third-order valence-electron chi connectivity index (χ3n) is 5.82. The number of nitrogens with zero attached hydrogens (tertiary/aromatic N) is 3. The van der Waals surface area contributed by atoms with E-state index in [1.807, 2.05) is 91.9 Å². The van der Waals surface area contributed by atoms with Crippen LogP contribution in [0.15, 0.2) is 94.9 Å². The maximum Gasteiger partial charge on any atom is 0.119 e. The molecule has 0 aliphatic carbocycles. The molecule has 1 aliphatic rings. The number of hydrogen-bond acceptors (Lipinski definition) is 6. The van der Waals surface area contributed by atoms with E-state index >= 15 is 0 Å². The lowest BCUT2D eigenvalue weighted by Gasteiger charge is -2.44. The molecule has 1 fully saturated rings. The zero-order chi connectivity index (χ0) is 24.5. The molecule has 1 N–H and O–H groups in total. The second-order valence-electron chi connectivity index (χ2n) is 8.37. The molecule has 1 saturated heterocycles. The van der Waals surface area contributed by atoms with E-state index in [-0.39, 0.29) is 6.61 Å². The summed E-state index contributed by atoms with van der Waals surface area (Å²) in [6, 6.07) is 26.9. The monoisotopic (exact) mass is 491 g/mol. The van der Waals surface area contributed by atoms with Gasteiger partial charge in [-0.3, -0.25) is 0 Å². The first-order valence-electron chi connectivity index (χ1n) is 11.5. The average Bonchev–Trinajstić information content (AvgIpc) is 2.90. The highest BCUT2D eigenvalue weighted by Crippen LogP contribution is 2.37. The summed E-state index contributed by atoms with van der Waals surface area (Å²) in [7, 11) is 0. The summed E-state index contributed by atoms with van der Waals surface area (Å²) in [4.78, 5) is 4.08. The Kier molecular flexibility index (Phi) is 9.20. The normalized spacial score (nSPS) is 24.0. The third-order valence-corrected chi connectivity index (χ3v) is 6.99. The summed E-state index contributed by atoms with van der Waals surface area (Å²) in [5.74, 6) is 0. The second-order valence-corrected chi connectivity index (χ2v) is 9.55. The third kappa shape index (κ3) is 6.86. The number of thioether (sulfide) groups is 1. The molecule has 1 heterocycles. The summed E-state index contributed by atoms with van der Waals surface area (Å²) < 4.78 is 18.9. The van der Waals surface area contributed by atoms with Crippen LogP contribution in [0.2, 0.25) is 0 Å². The lowest BCUT2D eigenvalue weighted by molar-refractivity contribution is -0.206. The van der Waals surface area contributed by atoms with Crippen molar-refractivity contribution in [2.24, 2.45) is 5.11 Å². The highest BCUT2D eigenvalue weighted by atomic mass is 32.2. The van der Waals surface area contributed by atoms with Gasteiger partial charge in [0.25, 0.3) is 0 Å². The molecule has 0 amide bonds. The van der Waals surface area contributed by atoms with Gasteiger partial charge in [-0.25, -0.2) is 0 Å². The first-order valence-corrected chi connectivity index (χ1v) is 12.4. The van der Waals surface area contributed by atoms with E-state index in [1.165, 1.54) is 11.8 Å². The fourth-order valence-electron chi connectivity index (χ4n) is 4.00. The summed E-state index contributed by atoms with van der Waals surface area (Å²) in [6.07, 6.45) is -1.90. The van der Waals surface area contributed by atoms with Crippen LogP contribution in [0.25, 0.3) is 10.4 Å². The van der Waals surface area contributed by atoms with Crippen LogP contribution in [0, 0.1) is 6.92 Å². The molecule has 5 atom stereocenters. The number of ether oxygens (including phenoxy) is 3. The van der Waals surface area contributed by atoms with Crippen molar-refractivity contribution in [3.63, 3.8) is 0 Å². The molecule has 0 aromatic heterocycles. The van der Waals surface area contributed by atoms with Gasteiger partial charge in [-0.15, -0.1) is 0 Å². The highest BCUT2D eigenvalue weighted by Gasteiger charge is 2.47. The number of benzene rings is 3. The SMILES string of the molecule is Cc1ccc(S[C@H]2O[C@H](CO)[C@H](OCc3ccccc3)[C@H](OCc3ccccc3)[C@H]2N=[N+]=[N-])cc1. The molecular weight excluding hydrogens is 462 g/mol. The minimum Gasteiger partial charge on any atom is -0.394 e. The molecule has 8 heteroatoms. The predicted octanol–water partition coefficient (Wildman–Crippen LogP) is 5.65. The number of aliphatic hydroxyl groups is 1. The van der Waals surface area contributed by atoms with Crippen LogP contribution < -0.4 is 0 Å². The van der Waals surface area contributed by atoms with Crippen molar-refractivity contribution in [1.29, 1.82) is 0 Å². The molecule has 7 nitrogen and oxygen atoms in total. The molecule has 35 heavy (non-hydrogen) atoms. The van der Waals surface area contributed by atoms with Gasteiger partial charge in [-0.1, -0.05) is 95.2 Å². The fourth-order valence-corrected chi connectivity index (χ4v) is 5.10. The van der Waals surface area contributed by atoms with Crippen LogP contribution in [0.1, 0.15) is 16.7 Å². The van der Waals surface area contributed by atoms with Crippen LogP contribution in [-0.2, 0) is 27.4 Å². The molecule has 0 radical (unpaired) electrons. The number of rotatable bonds is 10. The summed E-state index contributed by atoms with van der Waals surface area (Å²) >= 11 is 1.45. The van der Waals surface area contributed by atoms with Crippen LogP contribution in [0.5, 0.6) is 0 Å². The van der Waals surface area contributed by atoms with E-state index in [1.54, 1.807) is 0 Å². The largest absolute Gasteiger partial charge is 0.394 e. The molecule has 1 aliphatic heterocycles. The minimum absolute atomic E-state index is 0.251. The molecule has 0 unspecified atom stereocenters. The first kappa shape index (κ1) is 25.3. The first-order chi connectivity index (χ1) is 17.2. The molecule has 4 rings (SSSR count). The Morgan fingerprint density at radius 1 is 0.886 bits per heavy atom. The van der Waals surface area contributed by atoms with Crippen molar-refractivity contribution in [3.05, 3.63) is 112 Å². The maximum absolute atomic E-state index is 10.2. The minimum atomic E-state index is -0.668. The van der Waals surface area contributed by atoms with E-state index in [0.29, 0.717) is 13.2 Å². The van der Waals surface area contributed by atoms with E-state index in [9.17, 15) is 10.6 Å². The molecule has 3 aromatic rings. The number of aryl methyl sites for hydroxylation is 1. The second kappa shape index (κ2) is 12.7. The smallest absolute Gasteiger partial charge is 0.119 e. The number of hydrogen-bond donors (Lipinski definition) is 1. The van der Waals surface area contributed by atoms with E-state index in [2.05, 4.69) is 10.0 Å². The van der Waals surface area contributed by atoms with Gasteiger partial charge >= 0.3 is 0 Å². The van der Waals surface area contributed by atoms with Gasteiger partial charge in [0.15, 0.2) is 0 Å². The fraction of sp³-hybridized carbons (Fsp3) is 0.333. The highest BCUT2D eigenvalue weighted by molar-refractivity contribution is 7.99. The Morgan fingerprint density at radius 2 is 1.46 bits per heavy atom. The van der Waals surface area contributed by atoms with E-state index in [0.717, 1.165) is 21.6 Å². The maximum atomic E-state index is 10.2. The molecule has 0 spiro atoms. The Balaban J connectivity index is 1.60. The van der Waals surface area contributed by atoms with Crippen molar-refractivity contribution < 1.29 is 19.3 Å². The van der Waals surface area contributed by atoms with Gasteiger partial charge in [0.05, 0.1) is 25.9 Å². The van der Waals surface area contributed by atoms with Crippen LogP contribution in [-0.4, -0.2) is 41.5 Å². The lowest BCUT2D eigenvalue weighted by atomic mass is 9.97. The Morgan fingerprint density at radius 3 is 2.00 bits per heavy atom. The number of aliphatic hydroxyl groups excluding tert-OH is 1. The van der Waals surface area contributed by atoms with E-state index in [4.69, 9.17) is 14.2 Å². The summed E-state index contributed by atoms with van der Waals surface area (Å²) in [6.45, 7) is 2.40. The Bertz CT molecular complexity index is 1090. The van der Waals surface area contributed by atoms with Gasteiger partial charge < -0.3 is 19.3 Å². The van der Waals surface area contributed by atoms with Gasteiger partial charge in [0.1, 0.15) is 23.7 Å². The Labute approximate surface area is 209 Å². The van der Waals surface area contributed by atoms with Gasteiger partial charge in [-0.05, 0) is 35.7 Å². The summed E-state index contributed by atoms with van der Waals surface area (Å²) in [5.41, 5.74) is 12.0. The predicted molar refractivity (Wildman–Crippen MR) is 136 cm³/mol. The molecular formula is C27H29N3O4S. The van der Waals surface area contributed by atoms with Crippen molar-refractivity contribution in [2.75, 3.05) is 6.61 Å². The average molecular weight is 492 g/mol. The molecule has 0 saturated carbocycles. The van der Waals surface area contributed by atoms with Crippen LogP contribution >= 0.6 is 11.8 Å². The lowest BCUT2D eigenvalue weighted by Crippen LogP contribution is -2.58.